The Hall–Kier alpha value is -2.73. The Morgan fingerprint density at radius 3 is 2.57 bits per heavy atom. The molecule has 35 heavy (non-hydrogen) atoms. The summed E-state index contributed by atoms with van der Waals surface area (Å²) >= 11 is 18.7. The molecule has 1 N–H and O–H groups in total. The van der Waals surface area contributed by atoms with Crippen molar-refractivity contribution in [3.8, 4) is 5.75 Å². The minimum absolute atomic E-state index is 0.0826. The van der Waals surface area contributed by atoms with Gasteiger partial charge in [-0.3, -0.25) is 9.59 Å². The van der Waals surface area contributed by atoms with E-state index in [0.717, 1.165) is 16.7 Å². The maximum absolute atomic E-state index is 13.4. The number of fused-ring (bicyclic) bond motifs is 1. The number of benzene rings is 3. The Morgan fingerprint density at radius 2 is 1.83 bits per heavy atom. The predicted octanol–water partition coefficient (Wildman–Crippen LogP) is 6.70. The van der Waals surface area contributed by atoms with E-state index in [2.05, 4.69) is 0 Å². The number of carbonyl (C=O) groups excluding carboxylic acids is 1. The van der Waals surface area contributed by atoms with Gasteiger partial charge in [-0.2, -0.15) is 0 Å². The van der Waals surface area contributed by atoms with E-state index in [1.165, 1.54) is 4.90 Å². The molecule has 1 aliphatic rings. The summed E-state index contributed by atoms with van der Waals surface area (Å²) < 4.78 is 6.26. The Morgan fingerprint density at radius 1 is 1.06 bits per heavy atom. The van der Waals surface area contributed by atoms with Gasteiger partial charge in [0, 0.05) is 36.5 Å². The maximum atomic E-state index is 13.4. The summed E-state index contributed by atoms with van der Waals surface area (Å²) in [6.45, 7) is 2.34. The SMILES string of the molecule is C[C@@]1(Cc2cccc(Cl)c2Cl)Cc2cc(C(=O)N(CCC(=O)O)Cc3cccc(Cl)c3)ccc2O1. The zero-order valence-corrected chi connectivity index (χ0v) is 21.3. The first-order chi connectivity index (χ1) is 16.6. The molecule has 0 aromatic heterocycles. The van der Waals surface area contributed by atoms with Gasteiger partial charge in [0.15, 0.2) is 0 Å². The molecule has 182 valence electrons. The second kappa shape index (κ2) is 10.5. The first-order valence-electron chi connectivity index (χ1n) is 11.1. The number of aliphatic carboxylic acids is 1. The highest BCUT2D eigenvalue weighted by molar-refractivity contribution is 6.42. The van der Waals surface area contributed by atoms with E-state index < -0.39 is 11.6 Å². The van der Waals surface area contributed by atoms with Gasteiger partial charge in [-0.1, -0.05) is 59.1 Å². The van der Waals surface area contributed by atoms with Gasteiger partial charge in [0.1, 0.15) is 11.4 Å². The highest BCUT2D eigenvalue weighted by Crippen LogP contribution is 2.39. The van der Waals surface area contributed by atoms with Gasteiger partial charge in [0.05, 0.1) is 16.5 Å². The number of rotatable bonds is 8. The van der Waals surface area contributed by atoms with Crippen molar-refractivity contribution in [3.05, 3.63) is 98.0 Å². The van der Waals surface area contributed by atoms with Crippen LogP contribution in [-0.4, -0.2) is 34.0 Å². The number of amides is 1. The van der Waals surface area contributed by atoms with Crippen LogP contribution >= 0.6 is 34.8 Å². The first kappa shape index (κ1) is 25.4. The summed E-state index contributed by atoms with van der Waals surface area (Å²) in [7, 11) is 0. The van der Waals surface area contributed by atoms with E-state index in [9.17, 15) is 14.7 Å². The molecule has 1 heterocycles. The van der Waals surface area contributed by atoms with Crippen molar-refractivity contribution in [1.82, 2.24) is 4.90 Å². The number of nitrogens with zero attached hydrogens (tertiary/aromatic N) is 1. The molecular weight excluding hydrogens is 509 g/mol. The Balaban J connectivity index is 1.54. The fourth-order valence-corrected chi connectivity index (χ4v) is 4.96. The molecular formula is C27H24Cl3NO4. The molecule has 8 heteroatoms. The van der Waals surface area contributed by atoms with Crippen LogP contribution in [0.5, 0.6) is 5.75 Å². The van der Waals surface area contributed by atoms with Crippen molar-refractivity contribution in [1.29, 1.82) is 0 Å². The molecule has 0 spiro atoms. The van der Waals surface area contributed by atoms with E-state index in [0.29, 0.717) is 39.2 Å². The van der Waals surface area contributed by atoms with E-state index >= 15 is 0 Å². The normalized spacial score (nSPS) is 16.5. The molecule has 0 unspecified atom stereocenters. The van der Waals surface area contributed by atoms with Crippen LogP contribution in [0.25, 0.3) is 0 Å². The lowest BCUT2D eigenvalue weighted by molar-refractivity contribution is -0.137. The third-order valence-electron chi connectivity index (χ3n) is 5.97. The lowest BCUT2D eigenvalue weighted by Gasteiger charge is -2.24. The zero-order chi connectivity index (χ0) is 25.2. The van der Waals surface area contributed by atoms with Crippen LogP contribution < -0.4 is 4.74 Å². The third-order valence-corrected chi connectivity index (χ3v) is 7.06. The van der Waals surface area contributed by atoms with Gasteiger partial charge in [-0.05, 0) is 60.0 Å². The second-order valence-corrected chi connectivity index (χ2v) is 10.2. The summed E-state index contributed by atoms with van der Waals surface area (Å²) in [5, 5.41) is 10.7. The molecule has 1 amide bonds. The van der Waals surface area contributed by atoms with Crippen LogP contribution in [0, 0.1) is 0 Å². The molecule has 3 aromatic carbocycles. The highest BCUT2D eigenvalue weighted by Gasteiger charge is 2.36. The molecule has 4 rings (SSSR count). The van der Waals surface area contributed by atoms with Crippen LogP contribution in [0.4, 0.5) is 0 Å². The predicted molar refractivity (Wildman–Crippen MR) is 138 cm³/mol. The first-order valence-corrected chi connectivity index (χ1v) is 12.3. The van der Waals surface area contributed by atoms with Gasteiger partial charge in [0.25, 0.3) is 5.91 Å². The Bertz CT molecular complexity index is 1280. The number of hydrogen-bond donors (Lipinski definition) is 1. The number of carbonyl (C=O) groups is 2. The average molecular weight is 533 g/mol. The fraction of sp³-hybridized carbons (Fsp3) is 0.259. The van der Waals surface area contributed by atoms with E-state index in [4.69, 9.17) is 39.5 Å². The number of halogens is 3. The van der Waals surface area contributed by atoms with Crippen LogP contribution in [0.1, 0.15) is 40.4 Å². The lowest BCUT2D eigenvalue weighted by Crippen LogP contribution is -2.33. The van der Waals surface area contributed by atoms with Crippen molar-refractivity contribution in [2.24, 2.45) is 0 Å². The van der Waals surface area contributed by atoms with Crippen molar-refractivity contribution in [2.45, 2.75) is 38.3 Å². The number of carboxylic acid groups (broad SMARTS) is 1. The van der Waals surface area contributed by atoms with E-state index in [1.54, 1.807) is 36.4 Å². The molecule has 1 aliphatic heterocycles. The average Bonchev–Trinajstić information content (AvgIpc) is 3.14. The van der Waals surface area contributed by atoms with E-state index in [1.807, 2.05) is 31.2 Å². The highest BCUT2D eigenvalue weighted by atomic mass is 35.5. The van der Waals surface area contributed by atoms with Crippen LogP contribution in [0.15, 0.2) is 60.7 Å². The van der Waals surface area contributed by atoms with Gasteiger partial charge in [-0.15, -0.1) is 0 Å². The van der Waals surface area contributed by atoms with Gasteiger partial charge in [0.2, 0.25) is 0 Å². The molecule has 5 nitrogen and oxygen atoms in total. The van der Waals surface area contributed by atoms with Crippen molar-refractivity contribution in [3.63, 3.8) is 0 Å². The quantitative estimate of drug-likeness (QED) is 0.350. The number of carboxylic acids is 1. The zero-order valence-electron chi connectivity index (χ0n) is 19.1. The standard InChI is InChI=1S/C27H24Cl3NO4/c1-27(14-19-5-3-7-22(29)25(19)30)15-20-13-18(8-9-23(20)35-27)26(34)31(11-10-24(32)33)16-17-4-2-6-21(28)12-17/h2-9,12-13H,10-11,14-16H2,1H3,(H,32,33)/t27-/m1/s1. The molecule has 0 saturated heterocycles. The summed E-state index contributed by atoms with van der Waals surface area (Å²) in [6, 6.07) is 18.0. The van der Waals surface area contributed by atoms with Crippen LogP contribution in [-0.2, 0) is 24.2 Å². The monoisotopic (exact) mass is 531 g/mol. The van der Waals surface area contributed by atoms with Gasteiger partial charge < -0.3 is 14.7 Å². The second-order valence-electron chi connectivity index (χ2n) is 8.94. The maximum Gasteiger partial charge on any atom is 0.305 e. The van der Waals surface area contributed by atoms with Crippen molar-refractivity contribution in [2.75, 3.05) is 6.54 Å². The Labute approximate surface area is 219 Å². The molecule has 0 aliphatic carbocycles. The molecule has 3 aromatic rings. The smallest absolute Gasteiger partial charge is 0.305 e. The molecule has 0 bridgehead atoms. The summed E-state index contributed by atoms with van der Waals surface area (Å²) in [6.07, 6.45) is 0.998. The molecule has 0 fully saturated rings. The molecule has 0 saturated carbocycles. The minimum atomic E-state index is -0.966. The summed E-state index contributed by atoms with van der Waals surface area (Å²) in [4.78, 5) is 26.1. The molecule has 1 atom stereocenters. The van der Waals surface area contributed by atoms with Gasteiger partial charge in [-0.25, -0.2) is 0 Å². The van der Waals surface area contributed by atoms with E-state index in [-0.39, 0.29) is 25.4 Å². The largest absolute Gasteiger partial charge is 0.487 e. The van der Waals surface area contributed by atoms with Crippen LogP contribution in [0.3, 0.4) is 0 Å². The minimum Gasteiger partial charge on any atom is -0.487 e. The van der Waals surface area contributed by atoms with Gasteiger partial charge >= 0.3 is 5.97 Å². The summed E-state index contributed by atoms with van der Waals surface area (Å²) in [5.41, 5.74) is 2.57. The number of ether oxygens (including phenoxy) is 1. The third kappa shape index (κ3) is 6.10. The number of hydrogen-bond acceptors (Lipinski definition) is 3. The van der Waals surface area contributed by atoms with Crippen molar-refractivity contribution >= 4 is 46.7 Å². The fourth-order valence-electron chi connectivity index (χ4n) is 4.36. The van der Waals surface area contributed by atoms with Crippen molar-refractivity contribution < 1.29 is 19.4 Å². The van der Waals surface area contributed by atoms with Crippen LogP contribution in [0.2, 0.25) is 15.1 Å². The Kier molecular flexibility index (Phi) is 7.60. The summed E-state index contributed by atoms with van der Waals surface area (Å²) in [5.74, 6) is -0.499. The molecule has 0 radical (unpaired) electrons. The topological polar surface area (TPSA) is 66.8 Å². The lowest BCUT2D eigenvalue weighted by atomic mass is 9.91.